The van der Waals surface area contributed by atoms with Crippen molar-refractivity contribution < 1.29 is 9.90 Å². The Labute approximate surface area is 125 Å². The molecule has 0 unspecified atom stereocenters. The second kappa shape index (κ2) is 7.44. The molecule has 0 aliphatic carbocycles. The molecule has 0 aliphatic heterocycles. The fourth-order valence-corrected chi connectivity index (χ4v) is 2.42. The Morgan fingerprint density at radius 2 is 1.38 bits per heavy atom. The first-order valence-electron chi connectivity index (χ1n) is 7.31. The maximum atomic E-state index is 11.7. The molecule has 0 bridgehead atoms. The van der Waals surface area contributed by atoms with Crippen LogP contribution in [0.15, 0.2) is 66.2 Å². The second-order valence-corrected chi connectivity index (χ2v) is 4.99. The van der Waals surface area contributed by atoms with Gasteiger partial charge in [0.05, 0.1) is 0 Å². The van der Waals surface area contributed by atoms with E-state index in [0.29, 0.717) is 12.0 Å². The topological polar surface area (TPSA) is 37.3 Å². The molecule has 0 spiro atoms. The van der Waals surface area contributed by atoms with Crippen molar-refractivity contribution in [3.05, 3.63) is 77.4 Å². The Hall–Kier alpha value is -2.35. The number of unbranched alkanes of at least 4 members (excludes halogenated alkanes) is 1. The van der Waals surface area contributed by atoms with Crippen LogP contribution in [0.1, 0.15) is 37.3 Å². The van der Waals surface area contributed by atoms with Crippen molar-refractivity contribution in [1.82, 2.24) is 0 Å². The van der Waals surface area contributed by atoms with Gasteiger partial charge in [-0.15, -0.1) is 0 Å². The summed E-state index contributed by atoms with van der Waals surface area (Å²) in [5.74, 6) is -0.828. The van der Waals surface area contributed by atoms with Gasteiger partial charge in [-0.3, -0.25) is 0 Å². The molecule has 0 fully saturated rings. The lowest BCUT2D eigenvalue weighted by atomic mass is 9.90. The Bertz CT molecular complexity index is 571. The third-order valence-corrected chi connectivity index (χ3v) is 3.47. The Kier molecular flexibility index (Phi) is 5.33. The van der Waals surface area contributed by atoms with Gasteiger partial charge in [0.15, 0.2) is 0 Å². The third kappa shape index (κ3) is 3.82. The summed E-state index contributed by atoms with van der Waals surface area (Å²) in [6.45, 7) is 2.07. The first-order chi connectivity index (χ1) is 10.2. The molecule has 0 saturated carbocycles. The van der Waals surface area contributed by atoms with Gasteiger partial charge in [0.1, 0.15) is 0 Å². The summed E-state index contributed by atoms with van der Waals surface area (Å²) >= 11 is 0. The van der Waals surface area contributed by atoms with Gasteiger partial charge < -0.3 is 5.11 Å². The predicted molar refractivity (Wildman–Crippen MR) is 86.1 cm³/mol. The molecule has 0 heterocycles. The van der Waals surface area contributed by atoms with Crippen molar-refractivity contribution in [3.63, 3.8) is 0 Å². The minimum absolute atomic E-state index is 0.495. The Morgan fingerprint density at radius 1 is 0.905 bits per heavy atom. The van der Waals surface area contributed by atoms with Gasteiger partial charge in [-0.05, 0) is 29.5 Å². The number of carboxylic acid groups (broad SMARTS) is 1. The normalized spacial score (nSPS) is 10.1. The zero-order valence-corrected chi connectivity index (χ0v) is 12.3. The van der Waals surface area contributed by atoms with E-state index in [1.165, 1.54) is 0 Å². The second-order valence-electron chi connectivity index (χ2n) is 4.99. The molecule has 0 aliphatic rings. The van der Waals surface area contributed by atoms with Crippen molar-refractivity contribution in [3.8, 4) is 0 Å². The summed E-state index contributed by atoms with van der Waals surface area (Å²) in [4.78, 5) is 11.7. The number of hydrogen-bond donors (Lipinski definition) is 1. The van der Waals surface area contributed by atoms with Crippen LogP contribution in [0.5, 0.6) is 0 Å². The van der Waals surface area contributed by atoms with Gasteiger partial charge >= 0.3 is 5.97 Å². The molecule has 2 nitrogen and oxygen atoms in total. The average molecular weight is 280 g/mol. The number of aliphatic carboxylic acids is 1. The van der Waals surface area contributed by atoms with E-state index in [-0.39, 0.29) is 0 Å². The van der Waals surface area contributed by atoms with Crippen LogP contribution in [0.3, 0.4) is 0 Å². The molecule has 21 heavy (non-hydrogen) atoms. The van der Waals surface area contributed by atoms with Crippen LogP contribution in [0.25, 0.3) is 5.57 Å². The van der Waals surface area contributed by atoms with Crippen LogP contribution in [-0.2, 0) is 4.79 Å². The standard InChI is InChI=1S/C19H20O2/c1-2-3-14-17(19(20)21)18(15-10-6-4-7-11-15)16-12-8-5-9-13-16/h4-13H,2-3,14H2,1H3,(H,20,21). The largest absolute Gasteiger partial charge is 0.478 e. The predicted octanol–water partition coefficient (Wildman–Crippen LogP) is 4.76. The van der Waals surface area contributed by atoms with E-state index >= 15 is 0 Å². The van der Waals surface area contributed by atoms with Gasteiger partial charge in [-0.1, -0.05) is 74.0 Å². The smallest absolute Gasteiger partial charge is 0.332 e. The van der Waals surface area contributed by atoms with Crippen LogP contribution in [0.4, 0.5) is 0 Å². The molecule has 0 radical (unpaired) electrons. The number of rotatable bonds is 6. The highest BCUT2D eigenvalue weighted by Gasteiger charge is 2.17. The van der Waals surface area contributed by atoms with Gasteiger partial charge in [0.25, 0.3) is 0 Å². The van der Waals surface area contributed by atoms with E-state index < -0.39 is 5.97 Å². The van der Waals surface area contributed by atoms with Crippen molar-refractivity contribution >= 4 is 11.5 Å². The summed E-state index contributed by atoms with van der Waals surface area (Å²) < 4.78 is 0. The van der Waals surface area contributed by atoms with E-state index in [1.54, 1.807) is 0 Å². The molecule has 0 aromatic heterocycles. The van der Waals surface area contributed by atoms with Crippen LogP contribution >= 0.6 is 0 Å². The van der Waals surface area contributed by atoms with E-state index in [2.05, 4.69) is 6.92 Å². The fourth-order valence-electron chi connectivity index (χ4n) is 2.42. The number of benzene rings is 2. The van der Waals surface area contributed by atoms with Gasteiger partial charge in [0.2, 0.25) is 0 Å². The molecule has 2 aromatic rings. The average Bonchev–Trinajstić information content (AvgIpc) is 2.53. The van der Waals surface area contributed by atoms with Crippen molar-refractivity contribution in [2.75, 3.05) is 0 Å². The molecule has 0 amide bonds. The molecule has 108 valence electrons. The summed E-state index contributed by atoms with van der Waals surface area (Å²) in [6.07, 6.45) is 2.45. The lowest BCUT2D eigenvalue weighted by Gasteiger charge is -2.13. The molecule has 2 aromatic carbocycles. The van der Waals surface area contributed by atoms with Crippen LogP contribution < -0.4 is 0 Å². The molecule has 0 atom stereocenters. The highest BCUT2D eigenvalue weighted by atomic mass is 16.4. The molecule has 0 saturated heterocycles. The summed E-state index contributed by atoms with van der Waals surface area (Å²) in [5.41, 5.74) is 3.24. The zero-order valence-electron chi connectivity index (χ0n) is 12.3. The van der Waals surface area contributed by atoms with E-state index in [9.17, 15) is 9.90 Å². The van der Waals surface area contributed by atoms with E-state index in [4.69, 9.17) is 0 Å². The van der Waals surface area contributed by atoms with Gasteiger partial charge in [-0.2, -0.15) is 0 Å². The Balaban J connectivity index is 2.61. The lowest BCUT2D eigenvalue weighted by Crippen LogP contribution is -2.06. The van der Waals surface area contributed by atoms with Gasteiger partial charge in [-0.25, -0.2) is 4.79 Å². The summed E-state index contributed by atoms with van der Waals surface area (Å²) in [6, 6.07) is 19.5. The minimum Gasteiger partial charge on any atom is -0.478 e. The SMILES string of the molecule is CCCCC(C(=O)O)=C(c1ccccc1)c1ccccc1. The third-order valence-electron chi connectivity index (χ3n) is 3.47. The number of carboxylic acids is 1. The van der Waals surface area contributed by atoms with E-state index in [1.807, 2.05) is 60.7 Å². The van der Waals surface area contributed by atoms with Crippen LogP contribution in [0.2, 0.25) is 0 Å². The van der Waals surface area contributed by atoms with E-state index in [0.717, 1.165) is 29.5 Å². The van der Waals surface area contributed by atoms with Crippen molar-refractivity contribution in [2.24, 2.45) is 0 Å². The highest BCUT2D eigenvalue weighted by Crippen LogP contribution is 2.29. The first-order valence-corrected chi connectivity index (χ1v) is 7.31. The maximum absolute atomic E-state index is 11.7. The van der Waals surface area contributed by atoms with Gasteiger partial charge in [0, 0.05) is 5.57 Å². The molecule has 2 rings (SSSR count). The lowest BCUT2D eigenvalue weighted by molar-refractivity contribution is -0.132. The first kappa shape index (κ1) is 15.0. The fraction of sp³-hybridized carbons (Fsp3) is 0.211. The highest BCUT2D eigenvalue weighted by molar-refractivity contribution is 6.00. The minimum atomic E-state index is -0.828. The molecule has 2 heteroatoms. The Morgan fingerprint density at radius 3 is 1.76 bits per heavy atom. The number of hydrogen-bond acceptors (Lipinski definition) is 1. The van der Waals surface area contributed by atoms with Crippen LogP contribution in [0, 0.1) is 0 Å². The summed E-state index contributed by atoms with van der Waals surface area (Å²) in [5, 5.41) is 9.64. The van der Waals surface area contributed by atoms with Crippen molar-refractivity contribution in [1.29, 1.82) is 0 Å². The summed E-state index contributed by atoms with van der Waals surface area (Å²) in [7, 11) is 0. The molecular weight excluding hydrogens is 260 g/mol. The zero-order chi connectivity index (χ0) is 15.1. The quantitative estimate of drug-likeness (QED) is 0.774. The monoisotopic (exact) mass is 280 g/mol. The van der Waals surface area contributed by atoms with Crippen molar-refractivity contribution in [2.45, 2.75) is 26.2 Å². The number of carbonyl (C=O) groups is 1. The molecule has 1 N–H and O–H groups in total. The molecular formula is C19H20O2. The van der Waals surface area contributed by atoms with Crippen LogP contribution in [-0.4, -0.2) is 11.1 Å². The maximum Gasteiger partial charge on any atom is 0.332 e.